The van der Waals surface area contributed by atoms with Gasteiger partial charge in [-0.25, -0.2) is 4.79 Å². The molecule has 5 heteroatoms. The van der Waals surface area contributed by atoms with Gasteiger partial charge in [0.25, 0.3) is 0 Å². The Morgan fingerprint density at radius 2 is 2.11 bits per heavy atom. The SMILES string of the molecule is Cc1cc(Br)ccc1NC(=O)NC(CO)CC(C)C. The van der Waals surface area contributed by atoms with Gasteiger partial charge in [-0.2, -0.15) is 0 Å². The second-order valence-corrected chi connectivity index (χ2v) is 5.98. The normalized spacial score (nSPS) is 12.3. The molecule has 0 radical (unpaired) electrons. The molecule has 1 aromatic carbocycles. The van der Waals surface area contributed by atoms with E-state index in [1.54, 1.807) is 0 Å². The quantitative estimate of drug-likeness (QED) is 0.776. The predicted molar refractivity (Wildman–Crippen MR) is 81.4 cm³/mol. The molecule has 0 bridgehead atoms. The zero-order valence-corrected chi connectivity index (χ0v) is 13.1. The molecule has 0 aliphatic heterocycles. The van der Waals surface area contributed by atoms with Gasteiger partial charge >= 0.3 is 6.03 Å². The zero-order chi connectivity index (χ0) is 14.4. The monoisotopic (exact) mass is 328 g/mol. The van der Waals surface area contributed by atoms with Crippen LogP contribution in [0.5, 0.6) is 0 Å². The van der Waals surface area contributed by atoms with E-state index in [9.17, 15) is 9.90 Å². The first-order valence-corrected chi connectivity index (χ1v) is 7.16. The summed E-state index contributed by atoms with van der Waals surface area (Å²) in [4.78, 5) is 11.9. The molecular weight excluding hydrogens is 308 g/mol. The molecule has 0 saturated carbocycles. The maximum atomic E-state index is 11.9. The molecule has 0 aromatic heterocycles. The Morgan fingerprint density at radius 1 is 1.42 bits per heavy atom. The van der Waals surface area contributed by atoms with E-state index in [4.69, 9.17) is 0 Å². The summed E-state index contributed by atoms with van der Waals surface area (Å²) in [6, 6.07) is 5.16. The van der Waals surface area contributed by atoms with Gasteiger partial charge in [-0.15, -0.1) is 0 Å². The van der Waals surface area contributed by atoms with E-state index in [0.717, 1.165) is 22.1 Å². The van der Waals surface area contributed by atoms with E-state index in [0.29, 0.717) is 5.92 Å². The van der Waals surface area contributed by atoms with Gasteiger partial charge in [-0.3, -0.25) is 0 Å². The summed E-state index contributed by atoms with van der Waals surface area (Å²) in [5, 5.41) is 14.8. The van der Waals surface area contributed by atoms with Gasteiger partial charge in [-0.05, 0) is 43.0 Å². The number of carbonyl (C=O) groups excluding carboxylic acids is 1. The fourth-order valence-electron chi connectivity index (χ4n) is 1.86. The van der Waals surface area contributed by atoms with Crippen molar-refractivity contribution in [2.24, 2.45) is 5.92 Å². The number of halogens is 1. The van der Waals surface area contributed by atoms with E-state index >= 15 is 0 Å². The molecule has 0 aliphatic carbocycles. The molecule has 106 valence electrons. The van der Waals surface area contributed by atoms with Crippen LogP contribution in [0.25, 0.3) is 0 Å². The first-order chi connectivity index (χ1) is 8.92. The topological polar surface area (TPSA) is 61.4 Å². The number of aliphatic hydroxyl groups excluding tert-OH is 1. The van der Waals surface area contributed by atoms with Crippen LogP contribution >= 0.6 is 15.9 Å². The number of hydrogen-bond donors (Lipinski definition) is 3. The van der Waals surface area contributed by atoms with Gasteiger partial charge < -0.3 is 15.7 Å². The molecule has 0 saturated heterocycles. The summed E-state index contributed by atoms with van der Waals surface area (Å²) in [5.41, 5.74) is 1.75. The lowest BCUT2D eigenvalue weighted by Crippen LogP contribution is -2.41. The largest absolute Gasteiger partial charge is 0.394 e. The highest BCUT2D eigenvalue weighted by Crippen LogP contribution is 2.19. The summed E-state index contributed by atoms with van der Waals surface area (Å²) in [7, 11) is 0. The van der Waals surface area contributed by atoms with Gasteiger partial charge in [0.2, 0.25) is 0 Å². The number of anilines is 1. The molecule has 1 aromatic rings. The minimum absolute atomic E-state index is 0.0507. The minimum atomic E-state index is -0.287. The predicted octanol–water partition coefficient (Wildman–Crippen LogP) is 3.29. The second kappa shape index (κ2) is 7.50. The van der Waals surface area contributed by atoms with Crippen molar-refractivity contribution < 1.29 is 9.90 Å². The number of carbonyl (C=O) groups is 1. The van der Waals surface area contributed by atoms with Gasteiger partial charge in [0.1, 0.15) is 0 Å². The Kier molecular flexibility index (Phi) is 6.31. The smallest absolute Gasteiger partial charge is 0.319 e. The standard InChI is InChI=1S/C14H21BrN2O2/c1-9(2)6-12(8-18)16-14(19)17-13-5-4-11(15)7-10(13)3/h4-5,7,9,12,18H,6,8H2,1-3H3,(H2,16,17,19). The van der Waals surface area contributed by atoms with Crippen molar-refractivity contribution in [2.75, 3.05) is 11.9 Å². The maximum absolute atomic E-state index is 11.9. The average Bonchev–Trinajstić information content (AvgIpc) is 2.31. The number of hydrogen-bond acceptors (Lipinski definition) is 2. The van der Waals surface area contributed by atoms with Crippen molar-refractivity contribution in [2.45, 2.75) is 33.2 Å². The molecule has 0 spiro atoms. The summed E-state index contributed by atoms with van der Waals surface area (Å²) in [6.07, 6.45) is 0.753. The molecule has 2 amide bonds. The Bertz CT molecular complexity index is 435. The number of rotatable bonds is 5. The van der Waals surface area contributed by atoms with Crippen LogP contribution in [-0.2, 0) is 0 Å². The van der Waals surface area contributed by atoms with Crippen LogP contribution in [0.2, 0.25) is 0 Å². The molecule has 19 heavy (non-hydrogen) atoms. The number of amides is 2. The molecule has 4 nitrogen and oxygen atoms in total. The van der Waals surface area contributed by atoms with Crippen molar-refractivity contribution in [3.05, 3.63) is 28.2 Å². The molecule has 0 aliphatic rings. The number of nitrogens with one attached hydrogen (secondary N) is 2. The summed E-state index contributed by atoms with van der Waals surface area (Å²) in [6.45, 7) is 5.99. The third kappa shape index (κ3) is 5.61. The first-order valence-electron chi connectivity index (χ1n) is 6.37. The highest BCUT2D eigenvalue weighted by Gasteiger charge is 2.13. The number of urea groups is 1. The highest BCUT2D eigenvalue weighted by molar-refractivity contribution is 9.10. The fraction of sp³-hybridized carbons (Fsp3) is 0.500. The van der Waals surface area contributed by atoms with Crippen LogP contribution in [-0.4, -0.2) is 23.8 Å². The fourth-order valence-corrected chi connectivity index (χ4v) is 2.33. The van der Waals surface area contributed by atoms with E-state index < -0.39 is 0 Å². The summed E-state index contributed by atoms with van der Waals surface area (Å²) in [5.74, 6) is 0.423. The van der Waals surface area contributed by atoms with Crippen LogP contribution < -0.4 is 10.6 Å². The van der Waals surface area contributed by atoms with Crippen LogP contribution in [0.4, 0.5) is 10.5 Å². The van der Waals surface area contributed by atoms with E-state index in [-0.39, 0.29) is 18.7 Å². The summed E-state index contributed by atoms with van der Waals surface area (Å²) < 4.78 is 0.976. The van der Waals surface area contributed by atoms with Gasteiger partial charge in [0.05, 0.1) is 12.6 Å². The van der Waals surface area contributed by atoms with E-state index in [1.807, 2.05) is 25.1 Å². The van der Waals surface area contributed by atoms with Gasteiger partial charge in [0.15, 0.2) is 0 Å². The molecule has 1 unspecified atom stereocenters. The van der Waals surface area contributed by atoms with Crippen molar-refractivity contribution in [3.8, 4) is 0 Å². The molecule has 1 atom stereocenters. The van der Waals surface area contributed by atoms with Crippen LogP contribution in [0.3, 0.4) is 0 Å². The average molecular weight is 329 g/mol. The number of aryl methyl sites for hydroxylation is 1. The molecule has 1 rings (SSSR count). The maximum Gasteiger partial charge on any atom is 0.319 e. The van der Waals surface area contributed by atoms with Crippen molar-refractivity contribution in [1.29, 1.82) is 0 Å². The third-order valence-corrected chi connectivity index (χ3v) is 3.24. The molecule has 0 heterocycles. The van der Waals surface area contributed by atoms with Gasteiger partial charge in [-0.1, -0.05) is 29.8 Å². The van der Waals surface area contributed by atoms with E-state index in [1.165, 1.54) is 0 Å². The minimum Gasteiger partial charge on any atom is -0.394 e. The van der Waals surface area contributed by atoms with Crippen LogP contribution in [0, 0.1) is 12.8 Å². The lowest BCUT2D eigenvalue weighted by molar-refractivity contribution is 0.214. The van der Waals surface area contributed by atoms with Crippen molar-refractivity contribution in [3.63, 3.8) is 0 Å². The first kappa shape index (κ1) is 16.0. The second-order valence-electron chi connectivity index (χ2n) is 5.07. The Morgan fingerprint density at radius 3 is 2.63 bits per heavy atom. The molecule has 3 N–H and O–H groups in total. The van der Waals surface area contributed by atoms with Crippen LogP contribution in [0.15, 0.2) is 22.7 Å². The van der Waals surface area contributed by atoms with Crippen molar-refractivity contribution >= 4 is 27.6 Å². The number of aliphatic hydroxyl groups is 1. The number of benzene rings is 1. The Balaban J connectivity index is 2.59. The third-order valence-electron chi connectivity index (χ3n) is 2.75. The Hall–Kier alpha value is -1.07. The summed E-state index contributed by atoms with van der Waals surface area (Å²) >= 11 is 3.38. The zero-order valence-electron chi connectivity index (χ0n) is 11.5. The lowest BCUT2D eigenvalue weighted by Gasteiger charge is -2.19. The van der Waals surface area contributed by atoms with Gasteiger partial charge in [0, 0.05) is 10.2 Å². The highest BCUT2D eigenvalue weighted by atomic mass is 79.9. The van der Waals surface area contributed by atoms with Crippen molar-refractivity contribution in [1.82, 2.24) is 5.32 Å². The molecule has 0 fully saturated rings. The van der Waals surface area contributed by atoms with E-state index in [2.05, 4.69) is 40.4 Å². The Labute approximate surface area is 122 Å². The molecular formula is C14H21BrN2O2. The van der Waals surface area contributed by atoms with Crippen LogP contribution in [0.1, 0.15) is 25.8 Å². The lowest BCUT2D eigenvalue weighted by atomic mass is 10.0.